The number of esters is 1. The standard InChI is InChI=1S/C15H23NO3/c1-2-14(18)19-9-13(17)16-15-6-10-3-11(7-15)5-12(4-10)8-15/h10-12H,2-9H2,1H3,(H,16,17). The number of carbonyl (C=O) groups is 2. The van der Waals surface area contributed by atoms with Crippen molar-refractivity contribution in [3.8, 4) is 0 Å². The van der Waals surface area contributed by atoms with E-state index in [0.717, 1.165) is 37.0 Å². The van der Waals surface area contributed by atoms with Crippen LogP contribution in [0.3, 0.4) is 0 Å². The molecule has 0 aromatic rings. The van der Waals surface area contributed by atoms with E-state index < -0.39 is 0 Å². The average Bonchev–Trinajstić information content (AvgIpc) is 2.33. The molecule has 0 saturated heterocycles. The molecule has 4 aliphatic carbocycles. The highest BCUT2D eigenvalue weighted by atomic mass is 16.5. The highest BCUT2D eigenvalue weighted by Crippen LogP contribution is 2.55. The number of amides is 1. The summed E-state index contributed by atoms with van der Waals surface area (Å²) in [5.74, 6) is 2.00. The van der Waals surface area contributed by atoms with Crippen molar-refractivity contribution in [1.29, 1.82) is 0 Å². The summed E-state index contributed by atoms with van der Waals surface area (Å²) in [6.45, 7) is 1.62. The lowest BCUT2D eigenvalue weighted by Gasteiger charge is -2.56. The maximum atomic E-state index is 12.0. The van der Waals surface area contributed by atoms with Crippen molar-refractivity contribution in [1.82, 2.24) is 5.32 Å². The fourth-order valence-corrected chi connectivity index (χ4v) is 4.84. The van der Waals surface area contributed by atoms with E-state index in [-0.39, 0.29) is 24.0 Å². The fourth-order valence-electron chi connectivity index (χ4n) is 4.84. The lowest BCUT2D eigenvalue weighted by atomic mass is 9.53. The summed E-state index contributed by atoms with van der Waals surface area (Å²) in [4.78, 5) is 23.0. The summed E-state index contributed by atoms with van der Waals surface area (Å²) in [7, 11) is 0. The molecule has 4 saturated carbocycles. The van der Waals surface area contributed by atoms with Gasteiger partial charge in [0.25, 0.3) is 5.91 Å². The number of rotatable bonds is 4. The first-order valence-corrected chi connectivity index (χ1v) is 7.55. The first kappa shape index (κ1) is 12.9. The SMILES string of the molecule is CCC(=O)OCC(=O)NC12CC3CC(CC(C3)C1)C2. The molecule has 1 N–H and O–H groups in total. The predicted molar refractivity (Wildman–Crippen MR) is 70.3 cm³/mol. The van der Waals surface area contributed by atoms with Crippen molar-refractivity contribution in [2.45, 2.75) is 57.4 Å². The first-order valence-electron chi connectivity index (χ1n) is 7.55. The molecule has 106 valence electrons. The van der Waals surface area contributed by atoms with Crippen LogP contribution in [-0.2, 0) is 14.3 Å². The van der Waals surface area contributed by atoms with Crippen molar-refractivity contribution < 1.29 is 14.3 Å². The second kappa shape index (κ2) is 4.80. The molecule has 4 bridgehead atoms. The summed E-state index contributed by atoms with van der Waals surface area (Å²) >= 11 is 0. The molecule has 4 heteroatoms. The molecule has 0 unspecified atom stereocenters. The predicted octanol–water partition coefficient (Wildman–Crippen LogP) is 2.02. The molecule has 0 spiro atoms. The minimum atomic E-state index is -0.305. The van der Waals surface area contributed by atoms with E-state index in [0.29, 0.717) is 6.42 Å². The maximum Gasteiger partial charge on any atom is 0.306 e. The molecule has 1 amide bonds. The zero-order valence-electron chi connectivity index (χ0n) is 11.6. The van der Waals surface area contributed by atoms with Gasteiger partial charge in [0.1, 0.15) is 0 Å². The van der Waals surface area contributed by atoms with Crippen molar-refractivity contribution in [3.05, 3.63) is 0 Å². The average molecular weight is 265 g/mol. The van der Waals surface area contributed by atoms with Gasteiger partial charge in [0.2, 0.25) is 0 Å². The number of nitrogens with one attached hydrogen (secondary N) is 1. The summed E-state index contributed by atoms with van der Waals surface area (Å²) in [5.41, 5.74) is 0.0183. The van der Waals surface area contributed by atoms with Crippen LogP contribution >= 0.6 is 0 Å². The van der Waals surface area contributed by atoms with Gasteiger partial charge in [0.05, 0.1) is 0 Å². The van der Waals surface area contributed by atoms with Gasteiger partial charge in [0, 0.05) is 12.0 Å². The lowest BCUT2D eigenvalue weighted by molar-refractivity contribution is -0.149. The van der Waals surface area contributed by atoms with Gasteiger partial charge in [-0.1, -0.05) is 6.92 Å². The van der Waals surface area contributed by atoms with Crippen LogP contribution in [0.15, 0.2) is 0 Å². The molecule has 0 aromatic carbocycles. The van der Waals surface area contributed by atoms with Crippen molar-refractivity contribution in [3.63, 3.8) is 0 Å². The molecular weight excluding hydrogens is 242 g/mol. The molecule has 4 nitrogen and oxygen atoms in total. The third kappa shape index (κ3) is 2.63. The Kier molecular flexibility index (Phi) is 3.27. The van der Waals surface area contributed by atoms with E-state index in [9.17, 15) is 9.59 Å². The number of hydrogen-bond donors (Lipinski definition) is 1. The van der Waals surface area contributed by atoms with Crippen LogP contribution in [0, 0.1) is 17.8 Å². The lowest BCUT2D eigenvalue weighted by Crippen LogP contribution is -2.60. The normalized spacial score (nSPS) is 39.1. The Morgan fingerprint density at radius 1 is 1.11 bits per heavy atom. The quantitative estimate of drug-likeness (QED) is 0.791. The van der Waals surface area contributed by atoms with E-state index >= 15 is 0 Å². The summed E-state index contributed by atoms with van der Waals surface area (Å²) < 4.78 is 4.92. The highest BCUT2D eigenvalue weighted by molar-refractivity contribution is 5.81. The van der Waals surface area contributed by atoms with Crippen LogP contribution in [0.5, 0.6) is 0 Å². The van der Waals surface area contributed by atoms with Crippen LogP contribution in [0.1, 0.15) is 51.9 Å². The Balaban J connectivity index is 1.57. The third-order valence-electron chi connectivity index (χ3n) is 5.10. The van der Waals surface area contributed by atoms with Gasteiger partial charge in [-0.25, -0.2) is 0 Å². The Labute approximate surface area is 114 Å². The van der Waals surface area contributed by atoms with Gasteiger partial charge in [-0.3, -0.25) is 9.59 Å². The molecule has 19 heavy (non-hydrogen) atoms. The Hall–Kier alpha value is -1.06. The van der Waals surface area contributed by atoms with E-state index in [1.807, 2.05) is 0 Å². The van der Waals surface area contributed by atoms with Gasteiger partial charge in [-0.05, 0) is 56.3 Å². The molecule has 4 aliphatic rings. The van der Waals surface area contributed by atoms with E-state index in [2.05, 4.69) is 5.32 Å². The molecule has 4 rings (SSSR count). The first-order chi connectivity index (χ1) is 9.08. The number of carbonyl (C=O) groups excluding carboxylic acids is 2. The van der Waals surface area contributed by atoms with Crippen LogP contribution in [-0.4, -0.2) is 24.0 Å². The molecule has 0 radical (unpaired) electrons. The second-order valence-electron chi connectivity index (χ2n) is 6.76. The molecular formula is C15H23NO3. The van der Waals surface area contributed by atoms with Crippen molar-refractivity contribution in [2.24, 2.45) is 17.8 Å². The summed E-state index contributed by atoms with van der Waals surface area (Å²) in [5, 5.41) is 3.19. The molecule has 0 heterocycles. The summed E-state index contributed by atoms with van der Waals surface area (Å²) in [6, 6.07) is 0. The van der Waals surface area contributed by atoms with Crippen LogP contribution in [0.4, 0.5) is 0 Å². The number of ether oxygens (including phenoxy) is 1. The highest BCUT2D eigenvalue weighted by Gasteiger charge is 2.51. The van der Waals surface area contributed by atoms with E-state index in [1.54, 1.807) is 6.92 Å². The van der Waals surface area contributed by atoms with Crippen LogP contribution in [0.2, 0.25) is 0 Å². The second-order valence-corrected chi connectivity index (χ2v) is 6.76. The zero-order valence-corrected chi connectivity index (χ0v) is 11.6. The minimum absolute atomic E-state index is 0.0183. The van der Waals surface area contributed by atoms with Gasteiger partial charge in [-0.2, -0.15) is 0 Å². The van der Waals surface area contributed by atoms with Gasteiger partial charge >= 0.3 is 5.97 Å². The topological polar surface area (TPSA) is 55.4 Å². The Morgan fingerprint density at radius 2 is 1.63 bits per heavy atom. The monoisotopic (exact) mass is 265 g/mol. The molecule has 4 fully saturated rings. The van der Waals surface area contributed by atoms with Gasteiger partial charge in [-0.15, -0.1) is 0 Å². The smallest absolute Gasteiger partial charge is 0.306 e. The van der Waals surface area contributed by atoms with E-state index in [1.165, 1.54) is 19.3 Å². The van der Waals surface area contributed by atoms with Gasteiger partial charge in [0.15, 0.2) is 6.61 Å². The third-order valence-corrected chi connectivity index (χ3v) is 5.10. The number of hydrogen-bond acceptors (Lipinski definition) is 3. The molecule has 0 atom stereocenters. The fraction of sp³-hybridized carbons (Fsp3) is 0.867. The molecule has 0 aromatic heterocycles. The summed E-state index contributed by atoms with van der Waals surface area (Å²) in [6.07, 6.45) is 7.80. The molecule has 0 aliphatic heterocycles. The van der Waals surface area contributed by atoms with Crippen LogP contribution < -0.4 is 5.32 Å². The van der Waals surface area contributed by atoms with Crippen molar-refractivity contribution in [2.75, 3.05) is 6.61 Å². The zero-order chi connectivity index (χ0) is 13.5. The van der Waals surface area contributed by atoms with Crippen LogP contribution in [0.25, 0.3) is 0 Å². The Bertz CT molecular complexity index is 356. The largest absolute Gasteiger partial charge is 0.456 e. The van der Waals surface area contributed by atoms with E-state index in [4.69, 9.17) is 4.74 Å². The maximum absolute atomic E-state index is 12.0. The minimum Gasteiger partial charge on any atom is -0.456 e. The van der Waals surface area contributed by atoms with Gasteiger partial charge < -0.3 is 10.1 Å². The Morgan fingerprint density at radius 3 is 2.11 bits per heavy atom. The van der Waals surface area contributed by atoms with Crippen molar-refractivity contribution >= 4 is 11.9 Å².